The van der Waals surface area contributed by atoms with Gasteiger partial charge in [-0.1, -0.05) is 30.3 Å². The van der Waals surface area contributed by atoms with Crippen LogP contribution in [0.15, 0.2) is 30.3 Å². The minimum atomic E-state index is -0.529. The first-order valence-corrected chi connectivity index (χ1v) is 6.42. The highest BCUT2D eigenvalue weighted by Crippen LogP contribution is 2.14. The van der Waals surface area contributed by atoms with E-state index in [9.17, 15) is 4.79 Å². The minimum absolute atomic E-state index is 0.129. The molecule has 0 spiro atoms. The summed E-state index contributed by atoms with van der Waals surface area (Å²) in [6.07, 6.45) is 0. The fourth-order valence-electron chi connectivity index (χ4n) is 1.73. The second-order valence-corrected chi connectivity index (χ2v) is 5.39. The number of carbonyl (C=O) groups is 1. The Morgan fingerprint density at radius 2 is 1.83 bits per heavy atom. The number of amides is 1. The Morgan fingerprint density at radius 3 is 2.28 bits per heavy atom. The molecule has 0 heterocycles. The summed E-state index contributed by atoms with van der Waals surface area (Å²) in [4.78, 5) is 14.4. The highest BCUT2D eigenvalue weighted by Gasteiger charge is 2.31. The summed E-state index contributed by atoms with van der Waals surface area (Å²) < 4.78 is 0. The third kappa shape index (κ3) is 3.57. The normalized spacial score (nSPS) is 11.7. The third-order valence-electron chi connectivity index (χ3n) is 3.24. The SMILES string of the molecule is CNC(C)(C)C(=O)N(Cc1ccccc1)C(C)C. The van der Waals surface area contributed by atoms with E-state index in [2.05, 4.69) is 17.4 Å². The summed E-state index contributed by atoms with van der Waals surface area (Å²) >= 11 is 0. The van der Waals surface area contributed by atoms with Gasteiger partial charge in [0.05, 0.1) is 5.54 Å². The molecule has 1 N–H and O–H groups in total. The summed E-state index contributed by atoms with van der Waals surface area (Å²) in [6.45, 7) is 8.58. The lowest BCUT2D eigenvalue weighted by atomic mass is 10.0. The minimum Gasteiger partial charge on any atom is -0.334 e. The monoisotopic (exact) mass is 248 g/mol. The average molecular weight is 248 g/mol. The molecule has 0 fully saturated rings. The first-order chi connectivity index (χ1) is 8.38. The van der Waals surface area contributed by atoms with Crippen molar-refractivity contribution in [1.29, 1.82) is 0 Å². The van der Waals surface area contributed by atoms with Crippen molar-refractivity contribution in [2.24, 2.45) is 0 Å². The maximum Gasteiger partial charge on any atom is 0.242 e. The van der Waals surface area contributed by atoms with Crippen molar-refractivity contribution < 1.29 is 4.79 Å². The number of benzene rings is 1. The van der Waals surface area contributed by atoms with Gasteiger partial charge < -0.3 is 10.2 Å². The van der Waals surface area contributed by atoms with Gasteiger partial charge in [0.15, 0.2) is 0 Å². The lowest BCUT2D eigenvalue weighted by molar-refractivity contribution is -0.139. The Bertz CT molecular complexity index is 385. The standard InChI is InChI=1S/C15H24N2O/c1-12(2)17(14(18)15(3,4)16-5)11-13-9-7-6-8-10-13/h6-10,12,16H,11H2,1-5H3. The maximum atomic E-state index is 12.5. The van der Waals surface area contributed by atoms with Crippen LogP contribution in [0.2, 0.25) is 0 Å². The van der Waals surface area contributed by atoms with Crippen LogP contribution in [0.5, 0.6) is 0 Å². The molecule has 0 saturated carbocycles. The molecule has 0 aliphatic rings. The highest BCUT2D eigenvalue weighted by molar-refractivity contribution is 5.85. The van der Waals surface area contributed by atoms with Crippen LogP contribution in [0.1, 0.15) is 33.3 Å². The molecule has 1 aromatic carbocycles. The molecule has 1 aromatic rings. The van der Waals surface area contributed by atoms with E-state index < -0.39 is 5.54 Å². The van der Waals surface area contributed by atoms with Crippen LogP contribution in [0.4, 0.5) is 0 Å². The number of hydrogen-bond donors (Lipinski definition) is 1. The fourth-order valence-corrected chi connectivity index (χ4v) is 1.73. The zero-order chi connectivity index (χ0) is 13.8. The quantitative estimate of drug-likeness (QED) is 0.868. The predicted molar refractivity (Wildman–Crippen MR) is 75.3 cm³/mol. The second kappa shape index (κ2) is 6.01. The molecular weight excluding hydrogens is 224 g/mol. The lowest BCUT2D eigenvalue weighted by Gasteiger charge is -2.34. The summed E-state index contributed by atoms with van der Waals surface area (Å²) in [7, 11) is 1.82. The number of rotatable bonds is 5. The van der Waals surface area contributed by atoms with Crippen LogP contribution in [0.25, 0.3) is 0 Å². The van der Waals surface area contributed by atoms with Crippen molar-refractivity contribution in [2.75, 3.05) is 7.05 Å². The molecule has 100 valence electrons. The van der Waals surface area contributed by atoms with Crippen LogP contribution in [0.3, 0.4) is 0 Å². The van der Waals surface area contributed by atoms with Crippen LogP contribution < -0.4 is 5.32 Å². The van der Waals surface area contributed by atoms with Crippen LogP contribution in [-0.2, 0) is 11.3 Å². The van der Waals surface area contributed by atoms with E-state index in [-0.39, 0.29) is 11.9 Å². The summed E-state index contributed by atoms with van der Waals surface area (Å²) in [5.74, 6) is 0.129. The van der Waals surface area contributed by atoms with Gasteiger partial charge in [-0.3, -0.25) is 4.79 Å². The number of nitrogens with zero attached hydrogens (tertiary/aromatic N) is 1. The highest BCUT2D eigenvalue weighted by atomic mass is 16.2. The molecule has 0 aliphatic heterocycles. The molecule has 0 unspecified atom stereocenters. The molecule has 3 heteroatoms. The van der Waals surface area contributed by atoms with E-state index in [1.807, 2.05) is 57.8 Å². The Morgan fingerprint density at radius 1 is 1.28 bits per heavy atom. The van der Waals surface area contributed by atoms with Gasteiger partial charge in [0.1, 0.15) is 0 Å². The molecular formula is C15H24N2O. The van der Waals surface area contributed by atoms with Gasteiger partial charge in [0.2, 0.25) is 5.91 Å². The van der Waals surface area contributed by atoms with Crippen molar-refractivity contribution in [3.05, 3.63) is 35.9 Å². The molecule has 0 atom stereocenters. The molecule has 0 saturated heterocycles. The van der Waals surface area contributed by atoms with Crippen molar-refractivity contribution in [2.45, 2.75) is 45.8 Å². The van der Waals surface area contributed by atoms with E-state index >= 15 is 0 Å². The Hall–Kier alpha value is -1.35. The molecule has 0 bridgehead atoms. The summed E-state index contributed by atoms with van der Waals surface area (Å²) in [6, 6.07) is 10.3. The zero-order valence-corrected chi connectivity index (χ0v) is 12.0. The second-order valence-electron chi connectivity index (χ2n) is 5.39. The lowest BCUT2D eigenvalue weighted by Crippen LogP contribution is -2.54. The van der Waals surface area contributed by atoms with Gasteiger partial charge in [-0.15, -0.1) is 0 Å². The number of hydrogen-bond acceptors (Lipinski definition) is 2. The average Bonchev–Trinajstić information content (AvgIpc) is 2.36. The molecule has 1 rings (SSSR count). The van der Waals surface area contributed by atoms with Gasteiger partial charge in [-0.2, -0.15) is 0 Å². The van der Waals surface area contributed by atoms with Crippen molar-refractivity contribution >= 4 is 5.91 Å². The first-order valence-electron chi connectivity index (χ1n) is 6.42. The van der Waals surface area contributed by atoms with Gasteiger partial charge >= 0.3 is 0 Å². The first kappa shape index (κ1) is 14.7. The Kier molecular flexibility index (Phi) is 4.91. The molecule has 1 amide bonds. The molecule has 0 aromatic heterocycles. The Labute approximate surface area is 110 Å². The topological polar surface area (TPSA) is 32.3 Å². The van der Waals surface area contributed by atoms with E-state index in [1.54, 1.807) is 0 Å². The van der Waals surface area contributed by atoms with E-state index in [0.29, 0.717) is 6.54 Å². The smallest absolute Gasteiger partial charge is 0.242 e. The van der Waals surface area contributed by atoms with Crippen LogP contribution in [-0.4, -0.2) is 29.4 Å². The van der Waals surface area contributed by atoms with Crippen molar-refractivity contribution in [1.82, 2.24) is 10.2 Å². The van der Waals surface area contributed by atoms with Crippen molar-refractivity contribution in [3.8, 4) is 0 Å². The summed E-state index contributed by atoms with van der Waals surface area (Å²) in [5.41, 5.74) is 0.630. The van der Waals surface area contributed by atoms with Gasteiger partial charge in [-0.25, -0.2) is 0 Å². The number of carbonyl (C=O) groups excluding carboxylic acids is 1. The third-order valence-corrected chi connectivity index (χ3v) is 3.24. The largest absolute Gasteiger partial charge is 0.334 e. The van der Waals surface area contributed by atoms with Gasteiger partial charge in [-0.05, 0) is 40.3 Å². The van der Waals surface area contributed by atoms with E-state index in [1.165, 1.54) is 0 Å². The van der Waals surface area contributed by atoms with E-state index in [0.717, 1.165) is 5.56 Å². The predicted octanol–water partition coefficient (Wildman–Crippen LogP) is 2.42. The number of nitrogens with one attached hydrogen (secondary N) is 1. The number of likely N-dealkylation sites (N-methyl/N-ethyl adjacent to an activating group) is 1. The Balaban J connectivity index is 2.88. The fraction of sp³-hybridized carbons (Fsp3) is 0.533. The molecule has 0 radical (unpaired) electrons. The van der Waals surface area contributed by atoms with E-state index in [4.69, 9.17) is 0 Å². The van der Waals surface area contributed by atoms with Gasteiger partial charge in [0.25, 0.3) is 0 Å². The van der Waals surface area contributed by atoms with Crippen LogP contribution >= 0.6 is 0 Å². The molecule has 0 aliphatic carbocycles. The van der Waals surface area contributed by atoms with Crippen LogP contribution in [0, 0.1) is 0 Å². The zero-order valence-electron chi connectivity index (χ0n) is 12.0. The summed E-state index contributed by atoms with van der Waals surface area (Å²) in [5, 5.41) is 3.07. The molecule has 18 heavy (non-hydrogen) atoms. The van der Waals surface area contributed by atoms with Gasteiger partial charge in [0, 0.05) is 12.6 Å². The maximum absolute atomic E-state index is 12.5. The van der Waals surface area contributed by atoms with Crippen molar-refractivity contribution in [3.63, 3.8) is 0 Å². The molecule has 3 nitrogen and oxygen atoms in total.